The fraction of sp³-hybridized carbons (Fsp3) is 0.621. The van der Waals surface area contributed by atoms with Crippen molar-refractivity contribution in [2.24, 2.45) is 11.3 Å². The van der Waals surface area contributed by atoms with Crippen LogP contribution in [0.1, 0.15) is 71.1 Å². The van der Waals surface area contributed by atoms with Gasteiger partial charge in [0.2, 0.25) is 21.8 Å². The van der Waals surface area contributed by atoms with Crippen LogP contribution in [0, 0.1) is 11.3 Å². The minimum absolute atomic E-state index is 0.0530. The third-order valence-electron chi connectivity index (χ3n) is 8.98. The molecule has 5 rings (SSSR count). The minimum atomic E-state index is -3.85. The number of Topliss-reactive ketones (excluding diaryl/α,β-unsaturated/α-hetero) is 1. The summed E-state index contributed by atoms with van der Waals surface area (Å²) in [5.74, 6) is -1.43. The Balaban J connectivity index is 1.40. The molecule has 1 aromatic rings. The van der Waals surface area contributed by atoms with E-state index in [9.17, 15) is 27.9 Å². The highest BCUT2D eigenvalue weighted by molar-refractivity contribution is 7.91. The summed E-state index contributed by atoms with van der Waals surface area (Å²) >= 11 is 0. The number of aliphatic hydroxyl groups excluding tert-OH is 1. The molecule has 212 valence electrons. The maximum absolute atomic E-state index is 13.8. The molecule has 3 N–H and O–H groups in total. The number of rotatable bonds is 5. The van der Waals surface area contributed by atoms with Gasteiger partial charge < -0.3 is 15.3 Å². The Morgan fingerprint density at radius 2 is 1.85 bits per heavy atom. The molecule has 39 heavy (non-hydrogen) atoms. The van der Waals surface area contributed by atoms with Crippen LogP contribution in [-0.4, -0.2) is 65.5 Å². The smallest absolute Gasteiger partial charge is 0.245 e. The number of para-hydroxylation sites is 1. The van der Waals surface area contributed by atoms with E-state index in [1.165, 1.54) is 4.90 Å². The third-order valence-corrected chi connectivity index (χ3v) is 11.1. The van der Waals surface area contributed by atoms with Crippen molar-refractivity contribution in [3.05, 3.63) is 42.5 Å². The van der Waals surface area contributed by atoms with Crippen LogP contribution in [0.4, 0.5) is 5.69 Å². The second kappa shape index (κ2) is 10.7. The second-order valence-corrected chi connectivity index (χ2v) is 14.2. The lowest BCUT2D eigenvalue weighted by atomic mass is 9.91. The van der Waals surface area contributed by atoms with E-state index >= 15 is 0 Å². The Kier molecular flexibility index (Phi) is 7.63. The standard InChI is InChI=1S/C29H39N3O6S/c1-28(14-15-28)39(37,38)31-27(36)29-17-20(29)10-6-3-2-4-9-13-23(30-21-11-7-5-8-12-21)26(35)32-19-22(33)16-24(32)25(34)18-29/h5-8,10-12,20,22-24,30,33H,2-4,9,13-19H2,1H3,(H,31,36)/b10-6-/t20-,22+,23-,24-,29+/m0/s1. The number of amides is 2. The highest BCUT2D eigenvalue weighted by atomic mass is 32.2. The largest absolute Gasteiger partial charge is 0.391 e. The van der Waals surface area contributed by atoms with E-state index in [2.05, 4.69) is 10.0 Å². The number of anilines is 1. The van der Waals surface area contributed by atoms with Crippen LogP contribution in [0.5, 0.6) is 0 Å². The molecule has 2 aliphatic heterocycles. The normalized spacial score (nSPS) is 33.6. The van der Waals surface area contributed by atoms with Crippen LogP contribution >= 0.6 is 0 Å². The average molecular weight is 558 g/mol. The number of aliphatic hydroxyl groups is 1. The van der Waals surface area contributed by atoms with Crippen LogP contribution in [0.15, 0.2) is 42.5 Å². The number of sulfonamides is 1. The van der Waals surface area contributed by atoms with E-state index in [1.54, 1.807) is 6.92 Å². The van der Waals surface area contributed by atoms with Crippen LogP contribution in [0.3, 0.4) is 0 Å². The number of hydrogen-bond donors (Lipinski definition) is 3. The van der Waals surface area contributed by atoms with E-state index in [4.69, 9.17) is 0 Å². The van der Waals surface area contributed by atoms with Crippen molar-refractivity contribution in [1.82, 2.24) is 9.62 Å². The first-order chi connectivity index (χ1) is 18.5. The fourth-order valence-electron chi connectivity index (χ4n) is 5.95. The molecular formula is C29H39N3O6S. The lowest BCUT2D eigenvalue weighted by molar-refractivity contribution is -0.139. The van der Waals surface area contributed by atoms with Crippen molar-refractivity contribution in [2.75, 3.05) is 11.9 Å². The van der Waals surface area contributed by atoms with Gasteiger partial charge in [-0.05, 0) is 63.5 Å². The summed E-state index contributed by atoms with van der Waals surface area (Å²) in [5.41, 5.74) is -0.350. The first kappa shape index (κ1) is 27.8. The molecule has 5 atom stereocenters. The Morgan fingerprint density at radius 3 is 2.56 bits per heavy atom. The van der Waals surface area contributed by atoms with Crippen molar-refractivity contribution >= 4 is 33.3 Å². The molecule has 0 spiro atoms. The lowest BCUT2D eigenvalue weighted by Gasteiger charge is -2.30. The van der Waals surface area contributed by atoms with E-state index < -0.39 is 44.3 Å². The summed E-state index contributed by atoms with van der Waals surface area (Å²) in [5, 5.41) is 13.8. The monoisotopic (exact) mass is 557 g/mol. The number of allylic oxidation sites excluding steroid dienone is 2. The number of carbonyl (C=O) groups is 3. The van der Waals surface area contributed by atoms with Crippen molar-refractivity contribution in [2.45, 2.75) is 94.1 Å². The number of ketones is 1. The number of fused-ring (bicyclic) bond motifs is 2. The van der Waals surface area contributed by atoms with Gasteiger partial charge in [-0.3, -0.25) is 19.1 Å². The van der Waals surface area contributed by atoms with Crippen LogP contribution in [-0.2, 0) is 24.4 Å². The van der Waals surface area contributed by atoms with E-state index in [-0.39, 0.29) is 37.0 Å². The first-order valence-corrected chi connectivity index (χ1v) is 15.6. The maximum Gasteiger partial charge on any atom is 0.245 e. The van der Waals surface area contributed by atoms with Crippen molar-refractivity contribution < 1.29 is 27.9 Å². The van der Waals surface area contributed by atoms with Gasteiger partial charge in [0, 0.05) is 25.1 Å². The molecule has 0 bridgehead atoms. The molecule has 1 saturated heterocycles. The predicted octanol–water partition coefficient (Wildman–Crippen LogP) is 2.91. The quantitative estimate of drug-likeness (QED) is 0.474. The van der Waals surface area contributed by atoms with Crippen molar-refractivity contribution in [3.63, 3.8) is 0 Å². The van der Waals surface area contributed by atoms with Crippen molar-refractivity contribution in [3.8, 4) is 0 Å². The topological polar surface area (TPSA) is 133 Å². The van der Waals surface area contributed by atoms with Gasteiger partial charge in [0.1, 0.15) is 6.04 Å². The van der Waals surface area contributed by atoms with Crippen LogP contribution < -0.4 is 10.0 Å². The molecule has 2 aliphatic carbocycles. The molecule has 2 amide bonds. The van der Waals surface area contributed by atoms with Crippen LogP contribution in [0.25, 0.3) is 0 Å². The molecule has 10 heteroatoms. The van der Waals surface area contributed by atoms with Gasteiger partial charge in [0.15, 0.2) is 5.78 Å². The van der Waals surface area contributed by atoms with Gasteiger partial charge in [-0.2, -0.15) is 0 Å². The van der Waals surface area contributed by atoms with Gasteiger partial charge in [0.05, 0.1) is 22.3 Å². The first-order valence-electron chi connectivity index (χ1n) is 14.1. The van der Waals surface area contributed by atoms with E-state index in [0.717, 1.165) is 31.4 Å². The summed E-state index contributed by atoms with van der Waals surface area (Å²) in [7, 11) is -3.85. The van der Waals surface area contributed by atoms with Gasteiger partial charge in [-0.15, -0.1) is 0 Å². The summed E-state index contributed by atoms with van der Waals surface area (Å²) in [6.45, 7) is 1.67. The van der Waals surface area contributed by atoms with Crippen molar-refractivity contribution in [1.29, 1.82) is 0 Å². The summed E-state index contributed by atoms with van der Waals surface area (Å²) in [4.78, 5) is 42.5. The van der Waals surface area contributed by atoms with Crippen LogP contribution in [0.2, 0.25) is 0 Å². The number of benzene rings is 1. The molecule has 0 radical (unpaired) electrons. The number of nitrogens with zero attached hydrogens (tertiary/aromatic N) is 1. The minimum Gasteiger partial charge on any atom is -0.391 e. The number of carbonyl (C=O) groups excluding carboxylic acids is 3. The molecule has 0 aromatic heterocycles. The molecule has 3 fully saturated rings. The molecule has 4 aliphatic rings. The van der Waals surface area contributed by atoms with Gasteiger partial charge >= 0.3 is 0 Å². The molecule has 0 unspecified atom stereocenters. The molecular weight excluding hydrogens is 518 g/mol. The second-order valence-electron chi connectivity index (χ2n) is 12.0. The Morgan fingerprint density at radius 1 is 1.10 bits per heavy atom. The lowest BCUT2D eigenvalue weighted by Crippen LogP contribution is -2.49. The maximum atomic E-state index is 13.8. The Hall–Kier alpha value is -2.72. The molecule has 2 heterocycles. The molecule has 9 nitrogen and oxygen atoms in total. The van der Waals surface area contributed by atoms with Gasteiger partial charge in [0.25, 0.3) is 0 Å². The summed E-state index contributed by atoms with van der Waals surface area (Å²) in [6, 6.07) is 8.04. The zero-order valence-electron chi connectivity index (χ0n) is 22.5. The summed E-state index contributed by atoms with van der Waals surface area (Å²) in [6.07, 6.45) is 8.53. The zero-order chi connectivity index (χ0) is 27.8. The number of hydrogen-bond acceptors (Lipinski definition) is 7. The zero-order valence-corrected chi connectivity index (χ0v) is 23.3. The SMILES string of the molecule is CC1(S(=O)(=O)NC(=O)[C@]23CC(=O)[C@@H]4C[C@@H](O)CN4C(=O)[C@@H](Nc4ccccc4)CCCCC/C=C\[C@H]2C3)CC1. The Bertz CT molecular complexity index is 1240. The molecule has 1 aromatic carbocycles. The summed E-state index contributed by atoms with van der Waals surface area (Å²) < 4.78 is 27.0. The van der Waals surface area contributed by atoms with Gasteiger partial charge in [-0.1, -0.05) is 43.2 Å². The Labute approximate surface area is 230 Å². The highest BCUT2D eigenvalue weighted by Crippen LogP contribution is 2.57. The third kappa shape index (κ3) is 5.77. The fourth-order valence-corrected chi connectivity index (χ4v) is 7.29. The number of nitrogens with one attached hydrogen (secondary N) is 2. The van der Waals surface area contributed by atoms with E-state index in [0.29, 0.717) is 25.7 Å². The van der Waals surface area contributed by atoms with E-state index in [1.807, 2.05) is 42.5 Å². The van der Waals surface area contributed by atoms with Gasteiger partial charge in [-0.25, -0.2) is 8.42 Å². The predicted molar refractivity (Wildman–Crippen MR) is 147 cm³/mol. The average Bonchev–Trinajstić information content (AvgIpc) is 3.78. The highest BCUT2D eigenvalue weighted by Gasteiger charge is 2.62. The molecule has 2 saturated carbocycles.